The van der Waals surface area contributed by atoms with Crippen molar-refractivity contribution in [2.45, 2.75) is 45.6 Å². The summed E-state index contributed by atoms with van der Waals surface area (Å²) in [6.07, 6.45) is 3.05. The number of methoxy groups -OCH3 is 1. The highest BCUT2D eigenvalue weighted by Crippen LogP contribution is 2.41. The number of halogens is 2. The maximum atomic E-state index is 12.7. The van der Waals surface area contributed by atoms with Gasteiger partial charge in [0.05, 0.1) is 17.7 Å². The molecule has 2 unspecified atom stereocenters. The molecule has 0 bridgehead atoms. The minimum Gasteiger partial charge on any atom is -0.479 e. The Kier molecular flexibility index (Phi) is 7.09. The number of hydrogen-bond acceptors (Lipinski definition) is 5. The first-order valence-corrected chi connectivity index (χ1v) is 11.1. The van der Waals surface area contributed by atoms with Gasteiger partial charge in [-0.15, -0.1) is 11.3 Å². The monoisotopic (exact) mass is 455 g/mol. The number of carbonyl (C=O) groups is 2. The molecule has 0 radical (unpaired) electrons. The van der Waals surface area contributed by atoms with Gasteiger partial charge in [0.2, 0.25) is 0 Å². The highest BCUT2D eigenvalue weighted by Gasteiger charge is 2.30. The Hall–Kier alpha value is -1.76. The third-order valence-electron chi connectivity index (χ3n) is 5.14. The molecule has 3 rings (SSSR count). The van der Waals surface area contributed by atoms with E-state index in [4.69, 9.17) is 32.7 Å². The van der Waals surface area contributed by atoms with Gasteiger partial charge >= 0.3 is 5.97 Å². The lowest BCUT2D eigenvalue weighted by molar-refractivity contribution is -0.122. The minimum absolute atomic E-state index is 0.324. The maximum absolute atomic E-state index is 12.7. The Balaban J connectivity index is 1.80. The first-order chi connectivity index (χ1) is 13.8. The van der Waals surface area contributed by atoms with Gasteiger partial charge in [0.1, 0.15) is 10.8 Å². The molecule has 29 heavy (non-hydrogen) atoms. The molecule has 1 aromatic heterocycles. The molecule has 5 nitrogen and oxygen atoms in total. The smallest absolute Gasteiger partial charge is 0.341 e. The fraction of sp³-hybridized carbons (Fsp3) is 0.429. The van der Waals surface area contributed by atoms with Crippen LogP contribution in [0.3, 0.4) is 0 Å². The number of nitrogens with one attached hydrogen (secondary N) is 1. The SMILES string of the molecule is CCC1CCc2c(sc(NC(=O)C(C)Oc3ccc(Cl)cc3Cl)c2C(=O)OC)C1. The number of anilines is 1. The van der Waals surface area contributed by atoms with Crippen molar-refractivity contribution in [3.8, 4) is 5.75 Å². The van der Waals surface area contributed by atoms with Crippen LogP contribution in [0.2, 0.25) is 10.0 Å². The summed E-state index contributed by atoms with van der Waals surface area (Å²) >= 11 is 13.5. The van der Waals surface area contributed by atoms with Gasteiger partial charge < -0.3 is 14.8 Å². The first-order valence-electron chi connectivity index (χ1n) is 9.49. The summed E-state index contributed by atoms with van der Waals surface area (Å²) < 4.78 is 10.7. The lowest BCUT2D eigenvalue weighted by atomic mass is 9.85. The lowest BCUT2D eigenvalue weighted by Crippen LogP contribution is -2.30. The molecule has 1 amide bonds. The zero-order chi connectivity index (χ0) is 21.1. The number of thiophene rings is 1. The van der Waals surface area contributed by atoms with Crippen LogP contribution in [0, 0.1) is 5.92 Å². The van der Waals surface area contributed by atoms with Crippen molar-refractivity contribution in [1.82, 2.24) is 0 Å². The number of hydrogen-bond donors (Lipinski definition) is 1. The molecule has 0 fully saturated rings. The van der Waals surface area contributed by atoms with Crippen LogP contribution in [0.25, 0.3) is 0 Å². The number of benzene rings is 1. The molecular formula is C21H23Cl2NO4S. The van der Waals surface area contributed by atoms with Crippen LogP contribution < -0.4 is 10.1 Å². The third kappa shape index (κ3) is 4.87. The van der Waals surface area contributed by atoms with Crippen molar-refractivity contribution in [2.75, 3.05) is 12.4 Å². The van der Waals surface area contributed by atoms with Crippen molar-refractivity contribution in [3.05, 3.63) is 44.2 Å². The molecule has 1 aromatic carbocycles. The fourth-order valence-electron chi connectivity index (χ4n) is 3.44. The van der Waals surface area contributed by atoms with E-state index in [2.05, 4.69) is 12.2 Å². The van der Waals surface area contributed by atoms with Gasteiger partial charge in [0.15, 0.2) is 6.10 Å². The molecule has 2 atom stereocenters. The second-order valence-corrected chi connectivity index (χ2v) is 8.99. The molecule has 1 aliphatic carbocycles. The number of ether oxygens (including phenoxy) is 2. The summed E-state index contributed by atoms with van der Waals surface area (Å²) in [5, 5.41) is 4.17. The van der Waals surface area contributed by atoms with Gasteiger partial charge in [0, 0.05) is 9.90 Å². The zero-order valence-electron chi connectivity index (χ0n) is 16.5. The van der Waals surface area contributed by atoms with E-state index in [9.17, 15) is 9.59 Å². The molecule has 1 N–H and O–H groups in total. The van der Waals surface area contributed by atoms with Gasteiger partial charge in [-0.1, -0.05) is 36.5 Å². The van der Waals surface area contributed by atoms with E-state index in [1.807, 2.05) is 0 Å². The molecular weight excluding hydrogens is 433 g/mol. The quantitative estimate of drug-likeness (QED) is 0.561. The summed E-state index contributed by atoms with van der Waals surface area (Å²) in [4.78, 5) is 26.3. The fourth-order valence-corrected chi connectivity index (χ4v) is 5.24. The Morgan fingerprint density at radius 2 is 2.10 bits per heavy atom. The van der Waals surface area contributed by atoms with Crippen LogP contribution >= 0.6 is 34.5 Å². The Labute approximate surface area is 184 Å². The van der Waals surface area contributed by atoms with E-state index in [1.54, 1.807) is 25.1 Å². The summed E-state index contributed by atoms with van der Waals surface area (Å²) in [5.74, 6) is 0.168. The summed E-state index contributed by atoms with van der Waals surface area (Å²) in [5.41, 5.74) is 1.46. The lowest BCUT2D eigenvalue weighted by Gasteiger charge is -2.20. The van der Waals surface area contributed by atoms with Crippen LogP contribution in [0.5, 0.6) is 5.75 Å². The number of amides is 1. The summed E-state index contributed by atoms with van der Waals surface area (Å²) in [7, 11) is 1.35. The Morgan fingerprint density at radius 1 is 1.34 bits per heavy atom. The van der Waals surface area contributed by atoms with E-state index in [1.165, 1.54) is 18.4 Å². The van der Waals surface area contributed by atoms with Crippen molar-refractivity contribution in [3.63, 3.8) is 0 Å². The molecule has 156 valence electrons. The van der Waals surface area contributed by atoms with Gasteiger partial charge in [0.25, 0.3) is 5.91 Å². The molecule has 1 heterocycles. The predicted octanol–water partition coefficient (Wildman–Crippen LogP) is 5.76. The third-order valence-corrected chi connectivity index (χ3v) is 6.84. The van der Waals surface area contributed by atoms with Crippen molar-refractivity contribution in [1.29, 1.82) is 0 Å². The van der Waals surface area contributed by atoms with Crippen LogP contribution in [0.15, 0.2) is 18.2 Å². The highest BCUT2D eigenvalue weighted by atomic mass is 35.5. The van der Waals surface area contributed by atoms with E-state index in [0.29, 0.717) is 32.3 Å². The average Bonchev–Trinajstić information content (AvgIpc) is 3.06. The molecule has 1 aliphatic rings. The first kappa shape index (κ1) is 21.9. The van der Waals surface area contributed by atoms with Crippen LogP contribution in [-0.2, 0) is 22.4 Å². The number of carbonyl (C=O) groups excluding carboxylic acids is 2. The van der Waals surface area contributed by atoms with E-state index in [0.717, 1.165) is 36.1 Å². The van der Waals surface area contributed by atoms with Gasteiger partial charge in [-0.3, -0.25) is 4.79 Å². The zero-order valence-corrected chi connectivity index (χ0v) is 18.8. The van der Waals surface area contributed by atoms with Gasteiger partial charge in [-0.05, 0) is 55.9 Å². The van der Waals surface area contributed by atoms with Crippen molar-refractivity contribution in [2.24, 2.45) is 5.92 Å². The molecule has 0 spiro atoms. The Morgan fingerprint density at radius 3 is 2.76 bits per heavy atom. The number of esters is 1. The highest BCUT2D eigenvalue weighted by molar-refractivity contribution is 7.17. The van der Waals surface area contributed by atoms with E-state index in [-0.39, 0.29) is 5.91 Å². The standard InChI is InChI=1S/C21H23Cl2NO4S/c1-4-12-5-7-14-17(9-12)29-20(18(14)21(26)27-3)24-19(25)11(2)28-16-8-6-13(22)10-15(16)23/h6,8,10-12H,4-5,7,9H2,1-3H3,(H,24,25). The second kappa shape index (κ2) is 9.37. The normalized spacial score (nSPS) is 16.7. The largest absolute Gasteiger partial charge is 0.479 e. The van der Waals surface area contributed by atoms with E-state index < -0.39 is 12.1 Å². The number of fused-ring (bicyclic) bond motifs is 1. The molecule has 0 saturated heterocycles. The van der Waals surface area contributed by atoms with Gasteiger partial charge in [-0.2, -0.15) is 0 Å². The van der Waals surface area contributed by atoms with Crippen LogP contribution in [0.1, 0.15) is 47.5 Å². The van der Waals surface area contributed by atoms with Crippen molar-refractivity contribution < 1.29 is 19.1 Å². The molecule has 2 aromatic rings. The second-order valence-electron chi connectivity index (χ2n) is 7.04. The molecule has 8 heteroatoms. The summed E-state index contributed by atoms with van der Waals surface area (Å²) in [6, 6.07) is 4.80. The Bertz CT molecular complexity index is 928. The minimum atomic E-state index is -0.818. The topological polar surface area (TPSA) is 64.6 Å². The predicted molar refractivity (Wildman–Crippen MR) is 117 cm³/mol. The van der Waals surface area contributed by atoms with Gasteiger partial charge in [-0.25, -0.2) is 4.79 Å². The summed E-state index contributed by atoms with van der Waals surface area (Å²) in [6.45, 7) is 3.80. The molecule has 0 aliphatic heterocycles. The van der Waals surface area contributed by atoms with E-state index >= 15 is 0 Å². The average molecular weight is 456 g/mol. The molecule has 0 saturated carbocycles. The van der Waals surface area contributed by atoms with Crippen LogP contribution in [0.4, 0.5) is 5.00 Å². The van der Waals surface area contributed by atoms with Crippen LogP contribution in [-0.4, -0.2) is 25.1 Å². The maximum Gasteiger partial charge on any atom is 0.341 e. The van der Waals surface area contributed by atoms with Crippen molar-refractivity contribution >= 4 is 51.4 Å². The number of rotatable bonds is 6.